The lowest BCUT2D eigenvalue weighted by Gasteiger charge is -2.35. The van der Waals surface area contributed by atoms with Crippen molar-refractivity contribution in [2.45, 2.75) is 151 Å². The van der Waals surface area contributed by atoms with Gasteiger partial charge in [0.15, 0.2) is 0 Å². The van der Waals surface area contributed by atoms with E-state index in [1.165, 1.54) is 27.9 Å². The highest BCUT2D eigenvalue weighted by molar-refractivity contribution is 8.00. The van der Waals surface area contributed by atoms with Crippen LogP contribution in [0.5, 0.6) is 0 Å². The zero-order chi connectivity index (χ0) is 55.7. The molecule has 2 aromatic carbocycles. The van der Waals surface area contributed by atoms with Crippen LogP contribution in [0.1, 0.15) is 102 Å². The van der Waals surface area contributed by atoms with E-state index in [4.69, 9.17) is 14.2 Å². The summed E-state index contributed by atoms with van der Waals surface area (Å²) in [7, 11) is 2.59. The molecule has 420 valence electrons. The molecule has 2 aliphatic carbocycles. The van der Waals surface area contributed by atoms with Crippen molar-refractivity contribution in [3.05, 3.63) is 70.8 Å². The largest absolute Gasteiger partial charge is 0.465 e. The van der Waals surface area contributed by atoms with E-state index >= 15 is 0 Å². The molecule has 0 bridgehead atoms. The number of likely N-dealkylation sites (N-methyl/N-ethyl adjacent to an activating group) is 2. The first-order valence-electron chi connectivity index (χ1n) is 26.5. The standard InChI is InChI=1S/C54H74N8O13S2/c1-29(59(7)51(69)70)45(63)55-35-17-23-76-39-27-53(3,4)43(61(39)49(35)67)47(65)57-41-33-15-11-9-13-31(33)25-37(41)74-21-19-73-20-22-75-38-26-32-14-10-12-16-34(32)42(38)58-48(66)44-54(5,6)28-40-62(44)50(68)36(18-24-77-40)56-46(64)30(2)60(8)52(71)72/h9-16,29-30,35-44H,17-28H2,1-8H3,(H,55,63)(H,56,64)(H,57,65)(H,58,66)(H,69,70)(H,71,72)/t29?,30?,35-,36-,37+,38+,39-,40-,41-,42-,43+,44+/m0/s1. The highest BCUT2D eigenvalue weighted by Gasteiger charge is 2.57. The predicted octanol–water partition coefficient (Wildman–Crippen LogP) is 3.75. The molecule has 21 nitrogen and oxygen atoms in total. The number of hydrogen-bond acceptors (Lipinski definition) is 13. The summed E-state index contributed by atoms with van der Waals surface area (Å²) in [5.74, 6) is -1.48. The Hall–Kier alpha value is -5.62. The van der Waals surface area contributed by atoms with E-state index in [1.54, 1.807) is 33.3 Å². The zero-order valence-electron chi connectivity index (χ0n) is 45.0. The van der Waals surface area contributed by atoms with E-state index in [0.29, 0.717) is 50.0 Å². The van der Waals surface area contributed by atoms with Crippen LogP contribution in [-0.4, -0.2) is 189 Å². The molecule has 2 unspecified atom stereocenters. The number of thioether (sulfide) groups is 2. The predicted molar refractivity (Wildman–Crippen MR) is 287 cm³/mol. The number of benzene rings is 2. The number of ether oxygens (including phenoxy) is 3. The minimum Gasteiger partial charge on any atom is -0.465 e. The molecule has 6 N–H and O–H groups in total. The highest BCUT2D eigenvalue weighted by atomic mass is 32.2. The number of fused-ring (bicyclic) bond motifs is 4. The van der Waals surface area contributed by atoms with Crippen LogP contribution in [0, 0.1) is 10.8 Å². The molecule has 2 aromatic rings. The Bertz CT molecular complexity index is 2420. The molecule has 12 atom stereocenters. The van der Waals surface area contributed by atoms with Crippen LogP contribution in [0.25, 0.3) is 0 Å². The SMILES string of the molecule is CC(C(=O)N[C@H]1CCS[C@H]2CC(C)(C)[C@@H](C(=O)N[C@H]3c4ccccc4C[C@H]3OCCOCCO[C@@H]3Cc4ccccc4[C@@H]3NC(=O)[C@H]3N4C(=O)[C@@H](NC(=O)C(C)N(C)C(=O)O)CCS[C@H]4CC3(C)C)N2C1=O)N(C)C(=O)O. The lowest BCUT2D eigenvalue weighted by molar-refractivity contribution is -0.144. The van der Waals surface area contributed by atoms with Crippen molar-refractivity contribution in [3.63, 3.8) is 0 Å². The highest BCUT2D eigenvalue weighted by Crippen LogP contribution is 2.48. The average Bonchev–Trinajstić information content (AvgIpc) is 4.03. The van der Waals surface area contributed by atoms with Gasteiger partial charge in [0.05, 0.1) is 61.5 Å². The molecular weight excluding hydrogens is 1030 g/mol. The van der Waals surface area contributed by atoms with Gasteiger partial charge in [-0.1, -0.05) is 76.2 Å². The Labute approximate surface area is 457 Å². The van der Waals surface area contributed by atoms with Gasteiger partial charge in [0, 0.05) is 26.9 Å². The summed E-state index contributed by atoms with van der Waals surface area (Å²) >= 11 is 3.14. The Morgan fingerprint density at radius 3 is 1.38 bits per heavy atom. The number of carbonyl (C=O) groups is 8. The summed E-state index contributed by atoms with van der Waals surface area (Å²) in [5, 5.41) is 30.4. The van der Waals surface area contributed by atoms with E-state index in [0.717, 1.165) is 32.1 Å². The van der Waals surface area contributed by atoms with Crippen molar-refractivity contribution in [1.29, 1.82) is 0 Å². The van der Waals surface area contributed by atoms with E-state index in [1.807, 2.05) is 76.2 Å². The van der Waals surface area contributed by atoms with Crippen LogP contribution in [-0.2, 0) is 55.8 Å². The van der Waals surface area contributed by atoms with Gasteiger partial charge in [-0.25, -0.2) is 9.59 Å². The summed E-state index contributed by atoms with van der Waals surface area (Å²) in [6.07, 6.45) is -0.535. The topological polar surface area (TPSA) is 266 Å². The van der Waals surface area contributed by atoms with Gasteiger partial charge in [0.1, 0.15) is 36.3 Å². The zero-order valence-corrected chi connectivity index (χ0v) is 46.7. The number of hydrogen-bond donors (Lipinski definition) is 6. The van der Waals surface area contributed by atoms with E-state index < -0.39 is 95.4 Å². The average molecular weight is 1110 g/mol. The molecule has 23 heteroatoms. The van der Waals surface area contributed by atoms with E-state index in [2.05, 4.69) is 21.3 Å². The van der Waals surface area contributed by atoms with Crippen molar-refractivity contribution in [2.24, 2.45) is 10.8 Å². The van der Waals surface area contributed by atoms with Gasteiger partial charge in [-0.05, 0) is 84.1 Å². The fraction of sp³-hybridized carbons (Fsp3) is 0.630. The van der Waals surface area contributed by atoms with Gasteiger partial charge in [-0.2, -0.15) is 0 Å². The molecule has 6 aliphatic rings. The first kappa shape index (κ1) is 57.6. The molecule has 0 radical (unpaired) electrons. The van der Waals surface area contributed by atoms with Crippen LogP contribution in [0.15, 0.2) is 48.5 Å². The second-order valence-corrected chi connectivity index (χ2v) is 25.0. The molecule has 4 aliphatic heterocycles. The Balaban J connectivity index is 0.859. The lowest BCUT2D eigenvalue weighted by Crippen LogP contribution is -2.58. The number of rotatable bonds is 18. The Morgan fingerprint density at radius 1 is 0.623 bits per heavy atom. The molecule has 0 saturated carbocycles. The molecule has 77 heavy (non-hydrogen) atoms. The third kappa shape index (κ3) is 12.2. The molecule has 4 fully saturated rings. The van der Waals surface area contributed by atoms with Gasteiger partial charge < -0.3 is 55.5 Å². The van der Waals surface area contributed by atoms with Crippen molar-refractivity contribution in [2.75, 3.05) is 52.0 Å². The third-order valence-electron chi connectivity index (χ3n) is 16.3. The maximum atomic E-state index is 14.6. The van der Waals surface area contributed by atoms with Crippen LogP contribution in [0.3, 0.4) is 0 Å². The monoisotopic (exact) mass is 1110 g/mol. The number of nitrogens with one attached hydrogen (secondary N) is 4. The first-order valence-corrected chi connectivity index (χ1v) is 28.6. The molecule has 8 amide bonds. The summed E-state index contributed by atoms with van der Waals surface area (Å²) in [5.41, 5.74) is 2.67. The summed E-state index contributed by atoms with van der Waals surface area (Å²) < 4.78 is 18.9. The van der Waals surface area contributed by atoms with Crippen LogP contribution in [0.4, 0.5) is 9.59 Å². The van der Waals surface area contributed by atoms with Gasteiger partial charge >= 0.3 is 12.2 Å². The Kier molecular flexibility index (Phi) is 17.8. The molecule has 4 heterocycles. The van der Waals surface area contributed by atoms with Crippen molar-refractivity contribution < 1.29 is 62.8 Å². The van der Waals surface area contributed by atoms with Gasteiger partial charge in [0.25, 0.3) is 0 Å². The maximum Gasteiger partial charge on any atom is 0.407 e. The third-order valence-corrected chi connectivity index (χ3v) is 18.8. The molecule has 8 rings (SSSR count). The van der Waals surface area contributed by atoms with E-state index in [9.17, 15) is 48.6 Å². The number of carboxylic acid groups (broad SMARTS) is 2. The number of amides is 8. The fourth-order valence-electron chi connectivity index (χ4n) is 11.8. The van der Waals surface area contributed by atoms with Crippen LogP contribution in [0.2, 0.25) is 0 Å². The van der Waals surface area contributed by atoms with Gasteiger partial charge in [-0.3, -0.25) is 38.6 Å². The summed E-state index contributed by atoms with van der Waals surface area (Å²) in [6, 6.07) is 8.98. The summed E-state index contributed by atoms with van der Waals surface area (Å²) in [4.78, 5) is 112. The minimum atomic E-state index is -1.27. The molecule has 0 aromatic heterocycles. The number of carbonyl (C=O) groups excluding carboxylic acids is 6. The van der Waals surface area contributed by atoms with E-state index in [-0.39, 0.29) is 60.8 Å². The first-order chi connectivity index (χ1) is 36.5. The van der Waals surface area contributed by atoms with Crippen molar-refractivity contribution in [3.8, 4) is 0 Å². The lowest BCUT2D eigenvalue weighted by atomic mass is 9.83. The molecule has 4 saturated heterocycles. The summed E-state index contributed by atoms with van der Waals surface area (Å²) in [6.45, 7) is 11.7. The van der Waals surface area contributed by atoms with Crippen molar-refractivity contribution in [1.82, 2.24) is 40.9 Å². The fourth-order valence-corrected chi connectivity index (χ4v) is 15.0. The maximum absolute atomic E-state index is 14.6. The quantitative estimate of drug-likeness (QED) is 0.116. The number of nitrogens with zero attached hydrogens (tertiary/aromatic N) is 4. The smallest absolute Gasteiger partial charge is 0.407 e. The van der Waals surface area contributed by atoms with Crippen LogP contribution >= 0.6 is 23.5 Å². The normalized spacial score (nSPS) is 28.6. The second kappa shape index (κ2) is 23.8. The minimum absolute atomic E-state index is 0.211. The van der Waals surface area contributed by atoms with Crippen LogP contribution < -0.4 is 21.3 Å². The molecular formula is C54H74N8O13S2. The molecule has 0 spiro atoms. The second-order valence-electron chi connectivity index (χ2n) is 22.4. The van der Waals surface area contributed by atoms with Crippen molar-refractivity contribution >= 4 is 71.2 Å². The Morgan fingerprint density at radius 2 is 1.00 bits per heavy atom. The van der Waals surface area contributed by atoms with Gasteiger partial charge in [0.2, 0.25) is 35.4 Å². The van der Waals surface area contributed by atoms with Gasteiger partial charge in [-0.15, -0.1) is 23.5 Å².